The van der Waals surface area contributed by atoms with E-state index < -0.39 is 0 Å². The Bertz CT molecular complexity index is 583. The highest BCUT2D eigenvalue weighted by atomic mass is 16.5. The number of amides is 1. The molecular weight excluding hydrogens is 244 g/mol. The van der Waals surface area contributed by atoms with Crippen LogP contribution in [0, 0.1) is 6.92 Å². The molecule has 6 heteroatoms. The van der Waals surface area contributed by atoms with Crippen LogP contribution in [0.3, 0.4) is 0 Å². The highest BCUT2D eigenvalue weighted by Gasteiger charge is 2.27. The van der Waals surface area contributed by atoms with Gasteiger partial charge in [0.1, 0.15) is 17.1 Å². The van der Waals surface area contributed by atoms with Crippen LogP contribution in [0.4, 0.5) is 0 Å². The zero-order chi connectivity index (χ0) is 13.2. The van der Waals surface area contributed by atoms with Gasteiger partial charge in [-0.2, -0.15) is 0 Å². The first kappa shape index (κ1) is 12.0. The number of carbonyl (C=O) groups is 1. The van der Waals surface area contributed by atoms with Gasteiger partial charge in [0.25, 0.3) is 5.91 Å². The molecular formula is C13H16N4O2. The summed E-state index contributed by atoms with van der Waals surface area (Å²) < 4.78 is 6.98. The van der Waals surface area contributed by atoms with E-state index >= 15 is 0 Å². The maximum atomic E-state index is 11.9. The summed E-state index contributed by atoms with van der Waals surface area (Å²) in [5.74, 6) is 2.15. The Hall–Kier alpha value is -2.11. The minimum Gasteiger partial charge on any atom is -0.361 e. The van der Waals surface area contributed by atoms with Crippen LogP contribution in [0.25, 0.3) is 0 Å². The summed E-state index contributed by atoms with van der Waals surface area (Å²) in [7, 11) is 0. The summed E-state index contributed by atoms with van der Waals surface area (Å²) in [5, 5.41) is 6.46. The van der Waals surface area contributed by atoms with Crippen molar-refractivity contribution >= 4 is 5.91 Å². The number of aryl methyl sites for hydroxylation is 1. The lowest BCUT2D eigenvalue weighted by molar-refractivity contribution is 0.0950. The van der Waals surface area contributed by atoms with Crippen LogP contribution in [-0.2, 0) is 6.54 Å². The normalized spacial score (nSPS) is 14.6. The molecule has 1 N–H and O–H groups in total. The molecule has 1 amide bonds. The van der Waals surface area contributed by atoms with Crippen LogP contribution in [0.5, 0.6) is 0 Å². The average molecular weight is 260 g/mol. The zero-order valence-corrected chi connectivity index (χ0v) is 10.8. The fraction of sp³-hybridized carbons (Fsp3) is 0.462. The molecule has 0 aromatic carbocycles. The van der Waals surface area contributed by atoms with Crippen molar-refractivity contribution in [2.24, 2.45) is 0 Å². The van der Waals surface area contributed by atoms with E-state index in [2.05, 4.69) is 20.0 Å². The highest BCUT2D eigenvalue weighted by molar-refractivity contribution is 5.94. The molecule has 0 unspecified atom stereocenters. The molecule has 1 aliphatic rings. The highest BCUT2D eigenvalue weighted by Crippen LogP contribution is 2.38. The van der Waals surface area contributed by atoms with Crippen molar-refractivity contribution in [1.29, 1.82) is 0 Å². The Morgan fingerprint density at radius 3 is 3.11 bits per heavy atom. The van der Waals surface area contributed by atoms with Crippen molar-refractivity contribution in [2.45, 2.75) is 32.2 Å². The third kappa shape index (κ3) is 2.52. The van der Waals surface area contributed by atoms with Gasteiger partial charge >= 0.3 is 0 Å². The van der Waals surface area contributed by atoms with Gasteiger partial charge in [-0.05, 0) is 19.8 Å². The SMILES string of the molecule is Cc1oncc1C(=O)NCCn1ccnc1C1CC1. The predicted molar refractivity (Wildman–Crippen MR) is 67.8 cm³/mol. The van der Waals surface area contributed by atoms with Crippen LogP contribution in [-0.4, -0.2) is 27.2 Å². The van der Waals surface area contributed by atoms with Crippen LogP contribution in [0.1, 0.15) is 40.7 Å². The molecule has 0 spiro atoms. The molecule has 0 radical (unpaired) electrons. The van der Waals surface area contributed by atoms with Crippen LogP contribution >= 0.6 is 0 Å². The number of hydrogen-bond acceptors (Lipinski definition) is 4. The summed E-state index contributed by atoms with van der Waals surface area (Å²) >= 11 is 0. The number of nitrogens with zero attached hydrogens (tertiary/aromatic N) is 3. The molecule has 0 aliphatic heterocycles. The number of rotatable bonds is 5. The summed E-state index contributed by atoms with van der Waals surface area (Å²) in [4.78, 5) is 16.2. The summed E-state index contributed by atoms with van der Waals surface area (Å²) in [6.45, 7) is 3.03. The minimum atomic E-state index is -0.146. The van der Waals surface area contributed by atoms with E-state index in [0.29, 0.717) is 23.8 Å². The molecule has 1 aliphatic carbocycles. The summed E-state index contributed by atoms with van der Waals surface area (Å²) in [6, 6.07) is 0. The van der Waals surface area contributed by atoms with Gasteiger partial charge in [-0.1, -0.05) is 5.16 Å². The Kier molecular flexibility index (Phi) is 3.06. The second-order valence-electron chi connectivity index (χ2n) is 4.80. The molecule has 0 atom stereocenters. The van der Waals surface area contributed by atoms with E-state index in [0.717, 1.165) is 12.4 Å². The van der Waals surface area contributed by atoms with Crippen LogP contribution in [0.2, 0.25) is 0 Å². The smallest absolute Gasteiger partial charge is 0.256 e. The van der Waals surface area contributed by atoms with Gasteiger partial charge in [0, 0.05) is 31.4 Å². The van der Waals surface area contributed by atoms with Gasteiger partial charge < -0.3 is 14.4 Å². The first-order valence-corrected chi connectivity index (χ1v) is 6.46. The minimum absolute atomic E-state index is 0.146. The molecule has 2 aromatic rings. The second kappa shape index (κ2) is 4.87. The first-order valence-electron chi connectivity index (χ1n) is 6.46. The number of nitrogens with one attached hydrogen (secondary N) is 1. The first-order chi connectivity index (χ1) is 9.25. The van der Waals surface area contributed by atoms with Gasteiger partial charge in [0.2, 0.25) is 0 Å². The van der Waals surface area contributed by atoms with E-state index in [9.17, 15) is 4.79 Å². The van der Waals surface area contributed by atoms with Crippen molar-refractivity contribution in [3.8, 4) is 0 Å². The lowest BCUT2D eigenvalue weighted by atomic mass is 10.2. The summed E-state index contributed by atoms with van der Waals surface area (Å²) in [5.41, 5.74) is 0.494. The molecule has 6 nitrogen and oxygen atoms in total. The van der Waals surface area contributed by atoms with Crippen LogP contribution < -0.4 is 5.32 Å². The standard InChI is InChI=1S/C13H16N4O2/c1-9-11(8-16-19-9)13(18)15-5-7-17-6-4-14-12(17)10-2-3-10/h4,6,8,10H,2-3,5,7H2,1H3,(H,15,18). The van der Waals surface area contributed by atoms with E-state index in [1.165, 1.54) is 19.0 Å². The predicted octanol–water partition coefficient (Wildman–Crippen LogP) is 1.49. The molecule has 2 aromatic heterocycles. The van der Waals surface area contributed by atoms with Crippen molar-refractivity contribution in [1.82, 2.24) is 20.0 Å². The van der Waals surface area contributed by atoms with Crippen molar-refractivity contribution in [2.75, 3.05) is 6.54 Å². The van der Waals surface area contributed by atoms with E-state index in [4.69, 9.17) is 4.52 Å². The largest absolute Gasteiger partial charge is 0.361 e. The lowest BCUT2D eigenvalue weighted by Crippen LogP contribution is -2.27. The third-order valence-corrected chi connectivity index (χ3v) is 3.32. The Balaban J connectivity index is 1.54. The Morgan fingerprint density at radius 1 is 1.58 bits per heavy atom. The quantitative estimate of drug-likeness (QED) is 0.884. The van der Waals surface area contributed by atoms with Gasteiger partial charge in [0.05, 0.1) is 6.20 Å². The number of aromatic nitrogens is 3. The average Bonchev–Trinajstić information content (AvgIpc) is 2.98. The fourth-order valence-corrected chi connectivity index (χ4v) is 2.11. The van der Waals surface area contributed by atoms with E-state index in [1.54, 1.807) is 6.92 Å². The molecule has 1 saturated carbocycles. The molecule has 0 saturated heterocycles. The van der Waals surface area contributed by atoms with Gasteiger partial charge in [0.15, 0.2) is 0 Å². The Morgan fingerprint density at radius 2 is 2.42 bits per heavy atom. The summed E-state index contributed by atoms with van der Waals surface area (Å²) in [6.07, 6.45) is 7.67. The second-order valence-corrected chi connectivity index (χ2v) is 4.80. The molecule has 1 fully saturated rings. The fourth-order valence-electron chi connectivity index (χ4n) is 2.11. The molecule has 3 rings (SSSR count). The van der Waals surface area contributed by atoms with Gasteiger partial charge in [-0.15, -0.1) is 0 Å². The maximum Gasteiger partial charge on any atom is 0.256 e. The van der Waals surface area contributed by atoms with Crippen LogP contribution in [0.15, 0.2) is 23.1 Å². The Labute approximate surface area is 110 Å². The van der Waals surface area contributed by atoms with E-state index in [-0.39, 0.29) is 5.91 Å². The monoisotopic (exact) mass is 260 g/mol. The number of hydrogen-bond donors (Lipinski definition) is 1. The van der Waals surface area contributed by atoms with Crippen molar-refractivity contribution < 1.29 is 9.32 Å². The number of carbonyl (C=O) groups excluding carboxylic acids is 1. The lowest BCUT2D eigenvalue weighted by Gasteiger charge is -2.08. The van der Waals surface area contributed by atoms with E-state index in [1.807, 2.05) is 12.4 Å². The molecule has 19 heavy (non-hydrogen) atoms. The molecule has 0 bridgehead atoms. The maximum absolute atomic E-state index is 11.9. The topological polar surface area (TPSA) is 73.0 Å². The number of imidazole rings is 1. The van der Waals surface area contributed by atoms with Crippen molar-refractivity contribution in [3.63, 3.8) is 0 Å². The third-order valence-electron chi connectivity index (χ3n) is 3.32. The zero-order valence-electron chi connectivity index (χ0n) is 10.8. The van der Waals surface area contributed by atoms with Gasteiger partial charge in [-0.25, -0.2) is 4.98 Å². The molecule has 2 heterocycles. The molecule has 100 valence electrons. The van der Waals surface area contributed by atoms with Gasteiger partial charge in [-0.3, -0.25) is 4.79 Å². The van der Waals surface area contributed by atoms with Crippen molar-refractivity contribution in [3.05, 3.63) is 35.7 Å².